The average Bonchev–Trinajstić information content (AvgIpc) is 2.43. The molecule has 1 fully saturated rings. The van der Waals surface area contributed by atoms with E-state index >= 15 is 0 Å². The van der Waals surface area contributed by atoms with Gasteiger partial charge in [0.2, 0.25) is 0 Å². The van der Waals surface area contributed by atoms with Crippen LogP contribution in [-0.4, -0.2) is 37.6 Å². The number of unbranched alkanes of at least 4 members (excludes halogenated alkanes) is 7. The molecule has 1 heterocycles. The molecule has 2 nitrogen and oxygen atoms in total. The number of likely N-dealkylation sites (N-methyl/N-ethyl adjacent to an activating group) is 1. The van der Waals surface area contributed by atoms with E-state index in [1.54, 1.807) is 0 Å². The van der Waals surface area contributed by atoms with Gasteiger partial charge in [-0.1, -0.05) is 58.3 Å². The van der Waals surface area contributed by atoms with Gasteiger partial charge >= 0.3 is 0 Å². The van der Waals surface area contributed by atoms with Crippen molar-refractivity contribution in [1.82, 2.24) is 10.2 Å². The molecule has 0 bridgehead atoms. The Morgan fingerprint density at radius 3 is 2.32 bits per heavy atom. The lowest BCUT2D eigenvalue weighted by atomic mass is 10.0. The van der Waals surface area contributed by atoms with Gasteiger partial charge in [-0.05, 0) is 39.4 Å². The van der Waals surface area contributed by atoms with E-state index in [-0.39, 0.29) is 0 Å². The third-order valence-electron chi connectivity index (χ3n) is 4.51. The van der Waals surface area contributed by atoms with Gasteiger partial charge in [0.1, 0.15) is 0 Å². The molecule has 114 valence electrons. The lowest BCUT2D eigenvalue weighted by Crippen LogP contribution is -2.43. The van der Waals surface area contributed by atoms with Crippen molar-refractivity contribution in [2.75, 3.05) is 26.7 Å². The summed E-state index contributed by atoms with van der Waals surface area (Å²) in [6.45, 7) is 6.01. The van der Waals surface area contributed by atoms with Gasteiger partial charge in [-0.25, -0.2) is 0 Å². The summed E-state index contributed by atoms with van der Waals surface area (Å²) in [6, 6.07) is 0.794. The van der Waals surface area contributed by atoms with Gasteiger partial charge in [0.25, 0.3) is 0 Å². The van der Waals surface area contributed by atoms with Crippen molar-refractivity contribution >= 4 is 0 Å². The second-order valence-electron chi connectivity index (χ2n) is 6.31. The monoisotopic (exact) mass is 268 g/mol. The first-order valence-corrected chi connectivity index (χ1v) is 8.75. The van der Waals surface area contributed by atoms with Crippen LogP contribution in [0.4, 0.5) is 0 Å². The van der Waals surface area contributed by atoms with E-state index < -0.39 is 0 Å². The molecule has 0 spiro atoms. The van der Waals surface area contributed by atoms with Crippen LogP contribution in [0.15, 0.2) is 0 Å². The van der Waals surface area contributed by atoms with Crippen molar-refractivity contribution in [3.05, 3.63) is 0 Å². The van der Waals surface area contributed by atoms with Crippen LogP contribution in [0.3, 0.4) is 0 Å². The summed E-state index contributed by atoms with van der Waals surface area (Å²) in [5.41, 5.74) is 0. The van der Waals surface area contributed by atoms with Gasteiger partial charge in [0.15, 0.2) is 0 Å². The van der Waals surface area contributed by atoms with Gasteiger partial charge in [0, 0.05) is 12.6 Å². The smallest absolute Gasteiger partial charge is 0.0217 e. The predicted molar refractivity (Wildman–Crippen MR) is 85.7 cm³/mol. The van der Waals surface area contributed by atoms with Crippen LogP contribution >= 0.6 is 0 Å². The highest BCUT2D eigenvalue weighted by Gasteiger charge is 2.17. The first kappa shape index (κ1) is 17.0. The van der Waals surface area contributed by atoms with Crippen LogP contribution in [0.25, 0.3) is 0 Å². The largest absolute Gasteiger partial charge is 0.315 e. The second kappa shape index (κ2) is 11.7. The van der Waals surface area contributed by atoms with E-state index in [1.165, 1.54) is 90.3 Å². The molecule has 1 atom stereocenters. The summed E-state index contributed by atoms with van der Waals surface area (Å²) in [6.07, 6.45) is 15.6. The molecule has 0 aliphatic carbocycles. The zero-order valence-electron chi connectivity index (χ0n) is 13.4. The molecule has 1 N–H and O–H groups in total. The SMILES string of the molecule is CCCCCCCCCCNCC1CCCCN1C. The number of hydrogen-bond acceptors (Lipinski definition) is 2. The number of nitrogens with zero attached hydrogens (tertiary/aromatic N) is 1. The molecule has 0 saturated carbocycles. The van der Waals surface area contributed by atoms with Gasteiger partial charge in [-0.2, -0.15) is 0 Å². The van der Waals surface area contributed by atoms with Crippen LogP contribution < -0.4 is 5.32 Å². The first-order valence-electron chi connectivity index (χ1n) is 8.75. The third kappa shape index (κ3) is 8.65. The van der Waals surface area contributed by atoms with Crippen molar-refractivity contribution in [1.29, 1.82) is 0 Å². The maximum absolute atomic E-state index is 3.66. The zero-order chi connectivity index (χ0) is 13.8. The Morgan fingerprint density at radius 2 is 1.63 bits per heavy atom. The molecule has 0 aromatic carbocycles. The number of hydrogen-bond donors (Lipinski definition) is 1. The highest BCUT2D eigenvalue weighted by atomic mass is 15.2. The molecule has 1 aliphatic heterocycles. The third-order valence-corrected chi connectivity index (χ3v) is 4.51. The van der Waals surface area contributed by atoms with E-state index in [0.717, 1.165) is 6.04 Å². The molecule has 1 saturated heterocycles. The van der Waals surface area contributed by atoms with Crippen LogP contribution in [0.5, 0.6) is 0 Å². The maximum atomic E-state index is 3.66. The zero-order valence-corrected chi connectivity index (χ0v) is 13.4. The molecule has 2 heteroatoms. The van der Waals surface area contributed by atoms with Gasteiger partial charge < -0.3 is 10.2 Å². The quantitative estimate of drug-likeness (QED) is 0.565. The van der Waals surface area contributed by atoms with E-state index in [1.807, 2.05) is 0 Å². The fraction of sp³-hybridized carbons (Fsp3) is 1.00. The Balaban J connectivity index is 1.80. The minimum absolute atomic E-state index is 0.794. The Hall–Kier alpha value is -0.0800. The fourth-order valence-corrected chi connectivity index (χ4v) is 3.05. The van der Waals surface area contributed by atoms with Crippen molar-refractivity contribution < 1.29 is 0 Å². The molecule has 1 rings (SSSR count). The van der Waals surface area contributed by atoms with Crippen LogP contribution in [0.1, 0.15) is 77.6 Å². The summed E-state index contributed by atoms with van der Waals surface area (Å²) in [5.74, 6) is 0. The van der Waals surface area contributed by atoms with E-state index in [2.05, 4.69) is 24.2 Å². The fourth-order valence-electron chi connectivity index (χ4n) is 3.05. The Kier molecular flexibility index (Phi) is 10.5. The van der Waals surface area contributed by atoms with Crippen molar-refractivity contribution in [2.24, 2.45) is 0 Å². The molecule has 19 heavy (non-hydrogen) atoms. The maximum Gasteiger partial charge on any atom is 0.0217 e. The topological polar surface area (TPSA) is 15.3 Å². The highest BCUT2D eigenvalue weighted by Crippen LogP contribution is 2.14. The number of nitrogens with one attached hydrogen (secondary N) is 1. The van der Waals surface area contributed by atoms with E-state index in [9.17, 15) is 0 Å². The van der Waals surface area contributed by atoms with Gasteiger partial charge in [-0.15, -0.1) is 0 Å². The van der Waals surface area contributed by atoms with E-state index in [4.69, 9.17) is 0 Å². The molecular weight excluding hydrogens is 232 g/mol. The van der Waals surface area contributed by atoms with Crippen molar-refractivity contribution in [2.45, 2.75) is 83.6 Å². The van der Waals surface area contributed by atoms with Crippen LogP contribution in [-0.2, 0) is 0 Å². The predicted octanol–water partition coefficient (Wildman–Crippen LogP) is 4.20. The molecular formula is C17H36N2. The Morgan fingerprint density at radius 1 is 0.947 bits per heavy atom. The molecule has 0 radical (unpaired) electrons. The summed E-state index contributed by atoms with van der Waals surface area (Å²) in [4.78, 5) is 2.53. The number of piperidine rings is 1. The average molecular weight is 268 g/mol. The lowest BCUT2D eigenvalue weighted by molar-refractivity contribution is 0.181. The Bertz CT molecular complexity index is 194. The molecule has 1 aliphatic rings. The summed E-state index contributed by atoms with van der Waals surface area (Å²) in [7, 11) is 2.28. The lowest BCUT2D eigenvalue weighted by Gasteiger charge is -2.32. The van der Waals surface area contributed by atoms with Crippen molar-refractivity contribution in [3.63, 3.8) is 0 Å². The second-order valence-corrected chi connectivity index (χ2v) is 6.31. The minimum Gasteiger partial charge on any atom is -0.315 e. The summed E-state index contributed by atoms with van der Waals surface area (Å²) >= 11 is 0. The van der Waals surface area contributed by atoms with Crippen LogP contribution in [0, 0.1) is 0 Å². The summed E-state index contributed by atoms with van der Waals surface area (Å²) < 4.78 is 0. The van der Waals surface area contributed by atoms with Crippen LogP contribution in [0.2, 0.25) is 0 Å². The molecule has 0 aromatic heterocycles. The number of likely N-dealkylation sites (tertiary alicyclic amines) is 1. The minimum atomic E-state index is 0.794. The first-order chi connectivity index (χ1) is 9.34. The molecule has 0 amide bonds. The highest BCUT2D eigenvalue weighted by molar-refractivity contribution is 4.75. The van der Waals surface area contributed by atoms with Crippen molar-refractivity contribution in [3.8, 4) is 0 Å². The standard InChI is InChI=1S/C17H36N2/c1-3-4-5-6-7-8-9-11-14-18-16-17-13-10-12-15-19(17)2/h17-18H,3-16H2,1-2H3. The molecule has 0 aromatic rings. The van der Waals surface area contributed by atoms with Gasteiger partial charge in [0.05, 0.1) is 0 Å². The number of rotatable bonds is 11. The van der Waals surface area contributed by atoms with E-state index in [0.29, 0.717) is 0 Å². The van der Waals surface area contributed by atoms with Gasteiger partial charge in [-0.3, -0.25) is 0 Å². The molecule has 1 unspecified atom stereocenters. The normalized spacial score (nSPS) is 20.8. The Labute approximate surface area is 121 Å². The summed E-state index contributed by atoms with van der Waals surface area (Å²) in [5, 5.41) is 3.66.